The van der Waals surface area contributed by atoms with Gasteiger partial charge in [0.1, 0.15) is 12.7 Å². The summed E-state index contributed by atoms with van der Waals surface area (Å²) >= 11 is 0. The maximum atomic E-state index is 11.9. The molecule has 0 saturated carbocycles. The summed E-state index contributed by atoms with van der Waals surface area (Å²) in [6, 6.07) is 9.38. The van der Waals surface area contributed by atoms with Gasteiger partial charge in [0.25, 0.3) is 0 Å². The van der Waals surface area contributed by atoms with Gasteiger partial charge in [0.15, 0.2) is 0 Å². The number of rotatable bonds is 4. The minimum absolute atomic E-state index is 0.206. The van der Waals surface area contributed by atoms with Crippen LogP contribution in [0, 0.1) is 0 Å². The molecule has 1 aliphatic heterocycles. The van der Waals surface area contributed by atoms with E-state index in [1.807, 2.05) is 30.3 Å². The van der Waals surface area contributed by atoms with Gasteiger partial charge in [-0.25, -0.2) is 9.59 Å². The fourth-order valence-corrected chi connectivity index (χ4v) is 2.04. The molecule has 1 amide bonds. The van der Waals surface area contributed by atoms with Crippen molar-refractivity contribution in [2.24, 2.45) is 0 Å². The summed E-state index contributed by atoms with van der Waals surface area (Å²) in [6.07, 6.45) is 0.370. The Bertz CT molecular complexity index is 555. The average Bonchev–Trinajstić information content (AvgIpc) is 2.94. The van der Waals surface area contributed by atoms with Crippen LogP contribution in [0.1, 0.15) is 12.0 Å². The van der Waals surface area contributed by atoms with E-state index in [-0.39, 0.29) is 13.2 Å². The van der Waals surface area contributed by atoms with Crippen molar-refractivity contribution in [3.8, 4) is 0 Å². The first kappa shape index (κ1) is 14.7. The van der Waals surface area contributed by atoms with E-state index in [2.05, 4.69) is 4.79 Å². The van der Waals surface area contributed by atoms with Crippen molar-refractivity contribution in [1.29, 1.82) is 0 Å². The van der Waals surface area contributed by atoms with E-state index in [0.29, 0.717) is 19.2 Å². The lowest BCUT2D eigenvalue weighted by atomic mass is 10.2. The minimum atomic E-state index is -0.734. The maximum Gasteiger partial charge on any atom is 0.413 e. The number of benzene rings is 1. The van der Waals surface area contributed by atoms with E-state index in [1.165, 1.54) is 4.90 Å². The second-order valence-electron chi connectivity index (χ2n) is 4.58. The molecule has 1 aromatic rings. The number of likely N-dealkylation sites (tertiary alicyclic amines) is 1. The van der Waals surface area contributed by atoms with Crippen molar-refractivity contribution >= 4 is 18.3 Å². The van der Waals surface area contributed by atoms with Gasteiger partial charge in [0.05, 0.1) is 6.54 Å². The Morgan fingerprint density at radius 1 is 1.38 bits per heavy atom. The van der Waals surface area contributed by atoms with Crippen LogP contribution >= 0.6 is 0 Å². The fourth-order valence-electron chi connectivity index (χ4n) is 2.04. The van der Waals surface area contributed by atoms with E-state index in [4.69, 9.17) is 15.0 Å². The standard InChI is InChI=1S/C14H15N3O4/c15-16-8-13(18)21-12-6-7-17(9-12)14(19)20-10-11-4-2-1-3-5-11/h1-5,8,12H,6-7,9-10H2/t12-/m1/s1. The van der Waals surface area contributed by atoms with Crippen molar-refractivity contribution in [3.63, 3.8) is 0 Å². The minimum Gasteiger partial charge on any atom is -0.452 e. The molecule has 1 atom stereocenters. The molecule has 1 saturated heterocycles. The molecule has 0 unspecified atom stereocenters. The molecule has 1 aliphatic rings. The summed E-state index contributed by atoms with van der Waals surface area (Å²) in [5.41, 5.74) is 9.12. The monoisotopic (exact) mass is 289 g/mol. The van der Waals surface area contributed by atoms with Crippen LogP contribution in [0.25, 0.3) is 5.53 Å². The maximum absolute atomic E-state index is 11.9. The zero-order chi connectivity index (χ0) is 15.1. The summed E-state index contributed by atoms with van der Waals surface area (Å²) in [6.45, 7) is 0.943. The second kappa shape index (κ2) is 7.21. The summed E-state index contributed by atoms with van der Waals surface area (Å²) in [7, 11) is 0. The number of carbonyl (C=O) groups excluding carboxylic acids is 2. The van der Waals surface area contributed by atoms with Gasteiger partial charge in [-0.3, -0.25) is 0 Å². The molecule has 7 nitrogen and oxygen atoms in total. The molecule has 1 aromatic carbocycles. The van der Waals surface area contributed by atoms with Crippen LogP contribution in [0.3, 0.4) is 0 Å². The molecule has 0 N–H and O–H groups in total. The molecule has 2 rings (SSSR count). The highest BCUT2D eigenvalue weighted by molar-refractivity contribution is 6.20. The first-order chi connectivity index (χ1) is 10.2. The van der Waals surface area contributed by atoms with Gasteiger partial charge < -0.3 is 19.9 Å². The van der Waals surface area contributed by atoms with E-state index in [9.17, 15) is 9.59 Å². The van der Waals surface area contributed by atoms with Gasteiger partial charge in [-0.15, -0.1) is 0 Å². The van der Waals surface area contributed by atoms with Crippen LogP contribution in [-0.2, 0) is 20.9 Å². The lowest BCUT2D eigenvalue weighted by molar-refractivity contribution is -0.143. The first-order valence-corrected chi connectivity index (χ1v) is 6.52. The molecular formula is C14H15N3O4. The largest absolute Gasteiger partial charge is 0.452 e. The van der Waals surface area contributed by atoms with Crippen molar-refractivity contribution < 1.29 is 23.9 Å². The SMILES string of the molecule is [N-]=[N+]=CC(=O)O[C@@H]1CCN(C(=O)OCc2ccccc2)C1. The fraction of sp³-hybridized carbons (Fsp3) is 0.357. The van der Waals surface area contributed by atoms with Crippen molar-refractivity contribution in [2.45, 2.75) is 19.1 Å². The lowest BCUT2D eigenvalue weighted by Crippen LogP contribution is -2.31. The van der Waals surface area contributed by atoms with Crippen LogP contribution in [0.2, 0.25) is 0 Å². The Hall–Kier alpha value is -2.66. The first-order valence-electron chi connectivity index (χ1n) is 6.52. The number of nitrogens with zero attached hydrogens (tertiary/aromatic N) is 3. The number of amides is 1. The topological polar surface area (TPSA) is 92.2 Å². The molecular weight excluding hydrogens is 274 g/mol. The molecule has 0 spiro atoms. The quantitative estimate of drug-likeness (QED) is 0.361. The highest BCUT2D eigenvalue weighted by Gasteiger charge is 2.30. The van der Waals surface area contributed by atoms with Crippen LogP contribution in [-0.4, -0.2) is 47.2 Å². The van der Waals surface area contributed by atoms with E-state index in [0.717, 1.165) is 5.56 Å². The zero-order valence-corrected chi connectivity index (χ0v) is 11.3. The Morgan fingerprint density at radius 2 is 2.14 bits per heavy atom. The van der Waals surface area contributed by atoms with Gasteiger partial charge in [0, 0.05) is 13.0 Å². The van der Waals surface area contributed by atoms with Crippen LogP contribution in [0.15, 0.2) is 30.3 Å². The van der Waals surface area contributed by atoms with E-state index < -0.39 is 18.2 Å². The smallest absolute Gasteiger partial charge is 0.413 e. The van der Waals surface area contributed by atoms with Gasteiger partial charge in [-0.05, 0) is 5.56 Å². The highest BCUT2D eigenvalue weighted by atomic mass is 16.6. The number of hydrogen-bond acceptors (Lipinski definition) is 4. The van der Waals surface area contributed by atoms with Gasteiger partial charge >= 0.3 is 18.3 Å². The summed E-state index contributed by atoms with van der Waals surface area (Å²) in [4.78, 5) is 27.1. The molecule has 0 radical (unpaired) electrons. The predicted molar refractivity (Wildman–Crippen MR) is 72.4 cm³/mol. The third-order valence-corrected chi connectivity index (χ3v) is 3.05. The molecule has 0 aliphatic carbocycles. The Balaban J connectivity index is 1.77. The normalized spacial score (nSPS) is 17.0. The van der Waals surface area contributed by atoms with Crippen LogP contribution < -0.4 is 0 Å². The van der Waals surface area contributed by atoms with Crippen molar-refractivity contribution in [3.05, 3.63) is 41.4 Å². The average molecular weight is 289 g/mol. The molecule has 1 heterocycles. The molecule has 7 heteroatoms. The van der Waals surface area contributed by atoms with Crippen LogP contribution in [0.4, 0.5) is 4.79 Å². The third kappa shape index (κ3) is 4.43. The molecule has 1 fully saturated rings. The Labute approximate surface area is 121 Å². The summed E-state index contributed by atoms with van der Waals surface area (Å²) in [5, 5.41) is 0. The second-order valence-corrected chi connectivity index (χ2v) is 4.58. The number of ether oxygens (including phenoxy) is 2. The van der Waals surface area contributed by atoms with Gasteiger partial charge in [-0.1, -0.05) is 30.3 Å². The van der Waals surface area contributed by atoms with Crippen molar-refractivity contribution in [1.82, 2.24) is 4.90 Å². The molecule has 0 aromatic heterocycles. The third-order valence-electron chi connectivity index (χ3n) is 3.05. The summed E-state index contributed by atoms with van der Waals surface area (Å²) in [5.74, 6) is -0.734. The zero-order valence-electron chi connectivity index (χ0n) is 11.3. The predicted octanol–water partition coefficient (Wildman–Crippen LogP) is 1.24. The van der Waals surface area contributed by atoms with Crippen molar-refractivity contribution in [2.75, 3.05) is 13.1 Å². The van der Waals surface area contributed by atoms with Crippen LogP contribution in [0.5, 0.6) is 0 Å². The number of esters is 1. The van der Waals surface area contributed by atoms with Gasteiger partial charge in [0.2, 0.25) is 0 Å². The highest BCUT2D eigenvalue weighted by Crippen LogP contribution is 2.14. The molecule has 110 valence electrons. The Morgan fingerprint density at radius 3 is 2.86 bits per heavy atom. The van der Waals surface area contributed by atoms with Gasteiger partial charge in [-0.2, -0.15) is 4.79 Å². The lowest BCUT2D eigenvalue weighted by Gasteiger charge is -2.16. The summed E-state index contributed by atoms with van der Waals surface area (Å²) < 4.78 is 10.2. The van der Waals surface area contributed by atoms with E-state index in [1.54, 1.807) is 0 Å². The molecule has 21 heavy (non-hydrogen) atoms. The molecule has 0 bridgehead atoms. The number of carbonyl (C=O) groups is 2. The van der Waals surface area contributed by atoms with E-state index >= 15 is 0 Å². The Kier molecular flexibility index (Phi) is 5.06. The number of hydrogen-bond donors (Lipinski definition) is 0.